The van der Waals surface area contributed by atoms with Crippen molar-refractivity contribution in [1.29, 1.82) is 0 Å². The second-order valence-corrected chi connectivity index (χ2v) is 22.5. The van der Waals surface area contributed by atoms with Crippen LogP contribution in [0.1, 0.15) is 76.6 Å². The zero-order valence-electron chi connectivity index (χ0n) is 46.0. The predicted molar refractivity (Wildman–Crippen MR) is 345 cm³/mol. The fourth-order valence-corrected chi connectivity index (χ4v) is 14.2. The molecule has 4 heteroatoms. The lowest BCUT2D eigenvalue weighted by molar-refractivity contribution is 0.699. The number of anilines is 2. The third kappa shape index (κ3) is 7.08. The minimum atomic E-state index is -0.00404. The summed E-state index contributed by atoms with van der Waals surface area (Å²) in [6, 6.07) is 74.4. The first-order valence-corrected chi connectivity index (χ1v) is 29.2. The van der Waals surface area contributed by atoms with Crippen LogP contribution in [0.2, 0.25) is 0 Å². The summed E-state index contributed by atoms with van der Waals surface area (Å²) in [7, 11) is 0. The summed E-state index contributed by atoms with van der Waals surface area (Å²) in [5, 5.41) is 22.8. The molecule has 0 spiro atoms. The Morgan fingerprint density at radius 1 is 0.287 bits per heavy atom. The van der Waals surface area contributed by atoms with Crippen molar-refractivity contribution in [2.24, 2.45) is 11.5 Å². The summed E-state index contributed by atoms with van der Waals surface area (Å²) >= 11 is 0. The quantitative estimate of drug-likeness (QED) is 0.0647. The second kappa shape index (κ2) is 18.9. The van der Waals surface area contributed by atoms with E-state index >= 15 is 0 Å². The number of fused-ring (bicyclic) bond motifs is 10. The fourth-order valence-electron chi connectivity index (χ4n) is 14.2. The maximum absolute atomic E-state index is 6.65. The van der Waals surface area contributed by atoms with E-state index in [0.717, 1.165) is 61.3 Å². The van der Waals surface area contributed by atoms with Gasteiger partial charge in [0.05, 0.1) is 0 Å². The van der Waals surface area contributed by atoms with E-state index in [1.54, 1.807) is 0 Å². The Balaban J connectivity index is 1.01. The largest absolute Gasteiger partial charge is 0.385 e. The van der Waals surface area contributed by atoms with Crippen molar-refractivity contribution in [3.63, 3.8) is 0 Å². The van der Waals surface area contributed by atoms with Crippen molar-refractivity contribution in [2.75, 3.05) is 23.7 Å². The van der Waals surface area contributed by atoms with E-state index < -0.39 is 0 Å². The molecule has 0 aromatic heterocycles. The van der Waals surface area contributed by atoms with Gasteiger partial charge in [0.2, 0.25) is 0 Å². The monoisotopic (exact) mass is 1030 g/mol. The fraction of sp³-hybridized carbons (Fsp3) is 0.158. The molecule has 0 heterocycles. The van der Waals surface area contributed by atoms with Gasteiger partial charge < -0.3 is 22.1 Å². The SMILES string of the molecule is CCCNc1ccc(-c2c3c(c(-c4ccc(NCCC)cc4)c4ccccc24)-c2ccc4c5ccc6c7c(ccc(c8ccc-3c2c84)c75)-c2c-6c(-c3ccc(C(N)CC)cc3)c3ccccc3c2-c2ccc(C(N)CC)cc2)cc1. The van der Waals surface area contributed by atoms with Gasteiger partial charge in [0.15, 0.2) is 0 Å². The highest BCUT2D eigenvalue weighted by atomic mass is 14.9. The number of nitrogens with one attached hydrogen (secondary N) is 2. The minimum Gasteiger partial charge on any atom is -0.385 e. The van der Waals surface area contributed by atoms with E-state index in [2.05, 4.69) is 232 Å². The molecule has 2 atom stereocenters. The summed E-state index contributed by atoms with van der Waals surface area (Å²) in [5.74, 6) is 0. The van der Waals surface area contributed by atoms with E-state index in [9.17, 15) is 0 Å². The first kappa shape index (κ1) is 48.3. The predicted octanol–water partition coefficient (Wildman–Crippen LogP) is 20.5. The molecule has 2 aliphatic rings. The number of hydrogen-bond donors (Lipinski definition) is 4. The molecule has 4 nitrogen and oxygen atoms in total. The van der Waals surface area contributed by atoms with Crippen LogP contribution in [-0.2, 0) is 0 Å². The van der Waals surface area contributed by atoms with Crippen LogP contribution >= 0.6 is 0 Å². The van der Waals surface area contributed by atoms with Crippen LogP contribution in [0, 0.1) is 0 Å². The summed E-state index contributed by atoms with van der Waals surface area (Å²) in [6.07, 6.45) is 3.93. The number of rotatable bonds is 14. The summed E-state index contributed by atoms with van der Waals surface area (Å²) in [4.78, 5) is 0. The Morgan fingerprint density at radius 3 is 0.825 bits per heavy atom. The minimum absolute atomic E-state index is 0.00404. The zero-order valence-corrected chi connectivity index (χ0v) is 46.0. The molecular formula is C76H64N4. The Labute approximate surface area is 468 Å². The highest BCUT2D eigenvalue weighted by molar-refractivity contribution is 6.42. The third-order valence-electron chi connectivity index (χ3n) is 18.1. The lowest BCUT2D eigenvalue weighted by Crippen LogP contribution is -2.08. The van der Waals surface area contributed by atoms with Crippen LogP contribution in [0.3, 0.4) is 0 Å². The van der Waals surface area contributed by atoms with Crippen LogP contribution in [0.5, 0.6) is 0 Å². The number of benzene rings is 13. The molecule has 2 aliphatic carbocycles. The molecule has 80 heavy (non-hydrogen) atoms. The molecule has 0 saturated carbocycles. The summed E-state index contributed by atoms with van der Waals surface area (Å²) < 4.78 is 0. The van der Waals surface area contributed by atoms with E-state index in [4.69, 9.17) is 11.5 Å². The zero-order chi connectivity index (χ0) is 53.9. The van der Waals surface area contributed by atoms with Crippen LogP contribution < -0.4 is 22.1 Å². The molecule has 15 rings (SSSR count). The van der Waals surface area contributed by atoms with Crippen molar-refractivity contribution in [1.82, 2.24) is 0 Å². The maximum Gasteiger partial charge on any atom is 0.0340 e. The van der Waals surface area contributed by atoms with E-state index in [-0.39, 0.29) is 12.1 Å². The van der Waals surface area contributed by atoms with E-state index in [1.807, 2.05) is 0 Å². The van der Waals surface area contributed by atoms with E-state index in [0.29, 0.717) is 0 Å². The molecule has 388 valence electrons. The Morgan fingerprint density at radius 2 is 0.562 bits per heavy atom. The van der Waals surface area contributed by atoms with Crippen LogP contribution in [0.25, 0.3) is 154 Å². The molecule has 0 radical (unpaired) electrons. The number of hydrogen-bond acceptors (Lipinski definition) is 4. The van der Waals surface area contributed by atoms with E-state index in [1.165, 1.54) is 154 Å². The molecule has 13 aromatic rings. The van der Waals surface area contributed by atoms with Gasteiger partial charge in [-0.1, -0.05) is 198 Å². The average Bonchev–Trinajstić information content (AvgIpc) is 4.14. The third-order valence-corrected chi connectivity index (χ3v) is 18.1. The van der Waals surface area contributed by atoms with Gasteiger partial charge in [0.25, 0.3) is 0 Å². The average molecular weight is 1030 g/mol. The molecule has 0 saturated heterocycles. The molecule has 0 amide bonds. The van der Waals surface area contributed by atoms with Gasteiger partial charge >= 0.3 is 0 Å². The standard InChI is InChI=1S/C76H64N4/c1-5-41-79-49-29-25-47(26-30-49)67-53-15-11-12-16-54(53)68(48-27-31-50(32-28-48)80-42-6-2)76-62-40-36-58-56-34-38-60-71-59(37-33-55(69(56)71)57-35-39-61(75(67)76)72(62)70(57)58)73-65(45-21-17-43(18-22-45)63(77)7-3)51-13-9-10-14-52(51)66(74(60)73)46-23-19-44(20-24-46)64(78)8-4/h9-40,63-64,79-80H,5-8,41-42,77-78H2,1-4H3. The molecule has 2 unspecified atom stereocenters. The number of nitrogens with two attached hydrogens (primary N) is 2. The van der Waals surface area contributed by atoms with Crippen molar-refractivity contribution >= 4 is 76.0 Å². The molecule has 0 bridgehead atoms. The lowest BCUT2D eigenvalue weighted by atomic mass is 9.82. The van der Waals surface area contributed by atoms with Gasteiger partial charge in [0, 0.05) is 36.5 Å². The lowest BCUT2D eigenvalue weighted by Gasteiger charge is -2.21. The van der Waals surface area contributed by atoms with Gasteiger partial charge in [-0.3, -0.25) is 0 Å². The van der Waals surface area contributed by atoms with Crippen molar-refractivity contribution in [3.8, 4) is 89.0 Å². The Hall–Kier alpha value is -8.80. The van der Waals surface area contributed by atoms with Gasteiger partial charge in [0.1, 0.15) is 0 Å². The summed E-state index contributed by atoms with van der Waals surface area (Å²) in [6.45, 7) is 10.6. The van der Waals surface area contributed by atoms with Gasteiger partial charge in [-0.2, -0.15) is 0 Å². The molecule has 0 fully saturated rings. The van der Waals surface area contributed by atoms with Crippen molar-refractivity contribution < 1.29 is 0 Å². The Bertz CT molecular complexity index is 4340. The maximum atomic E-state index is 6.65. The first-order chi connectivity index (χ1) is 39.4. The van der Waals surface area contributed by atoms with Crippen LogP contribution in [0.4, 0.5) is 11.4 Å². The highest BCUT2D eigenvalue weighted by Crippen LogP contribution is 2.63. The molecule has 6 N–H and O–H groups in total. The Kier molecular flexibility index (Phi) is 11.4. The summed E-state index contributed by atoms with van der Waals surface area (Å²) in [5.41, 5.74) is 38.3. The van der Waals surface area contributed by atoms with Crippen molar-refractivity contribution in [3.05, 3.63) is 205 Å². The second-order valence-electron chi connectivity index (χ2n) is 22.5. The molecular weight excluding hydrogens is 969 g/mol. The first-order valence-electron chi connectivity index (χ1n) is 29.2. The highest BCUT2D eigenvalue weighted by Gasteiger charge is 2.35. The smallest absolute Gasteiger partial charge is 0.0340 e. The van der Waals surface area contributed by atoms with Crippen molar-refractivity contribution in [2.45, 2.75) is 65.5 Å². The van der Waals surface area contributed by atoms with Gasteiger partial charge in [-0.05, 0) is 215 Å². The van der Waals surface area contributed by atoms with Gasteiger partial charge in [-0.25, -0.2) is 0 Å². The van der Waals surface area contributed by atoms with Crippen LogP contribution in [0.15, 0.2) is 194 Å². The van der Waals surface area contributed by atoms with Crippen LogP contribution in [-0.4, -0.2) is 13.1 Å². The molecule has 13 aromatic carbocycles. The molecule has 0 aliphatic heterocycles. The van der Waals surface area contributed by atoms with Gasteiger partial charge in [-0.15, -0.1) is 0 Å². The normalized spacial score (nSPS) is 13.1. The topological polar surface area (TPSA) is 76.1 Å².